The van der Waals surface area contributed by atoms with Crippen molar-refractivity contribution < 1.29 is 31.5 Å². The van der Waals surface area contributed by atoms with Crippen molar-refractivity contribution in [3.05, 3.63) is 70.9 Å². The second-order valence-electron chi connectivity index (χ2n) is 7.35. The molecular weight excluding hydrogens is 497 g/mol. The fourth-order valence-corrected chi connectivity index (χ4v) is 3.43. The topological polar surface area (TPSA) is 95.2 Å². The SMILES string of the molecule is CNC(=O)c1cc(F)c(F)cc1Nc1cc(Nc2ccc3c(c2)CC(=O)N3)ncc1C(F)(F)F.Cl. The van der Waals surface area contributed by atoms with Gasteiger partial charge in [-0.1, -0.05) is 0 Å². The van der Waals surface area contributed by atoms with Crippen LogP contribution in [0.25, 0.3) is 0 Å². The standard InChI is InChI=1S/C22H16F5N5O2.ClH/c1-28-21(34)12-6-14(23)15(24)7-17(12)31-18-8-19(29-9-13(18)22(25,26)27)30-11-2-3-16-10(4-11)5-20(33)32-16;/h2-4,6-9H,5H2,1H3,(H,28,34)(H,32,33)(H2,29,30,31);1H. The lowest BCUT2D eigenvalue weighted by molar-refractivity contribution is -0.137. The van der Waals surface area contributed by atoms with Crippen molar-refractivity contribution in [2.24, 2.45) is 0 Å². The number of nitrogens with zero attached hydrogens (tertiary/aromatic N) is 1. The van der Waals surface area contributed by atoms with Gasteiger partial charge in [0, 0.05) is 36.8 Å². The number of aromatic nitrogens is 1. The zero-order valence-corrected chi connectivity index (χ0v) is 18.6. The number of anilines is 5. The van der Waals surface area contributed by atoms with Crippen LogP contribution in [-0.4, -0.2) is 23.8 Å². The molecule has 35 heavy (non-hydrogen) atoms. The van der Waals surface area contributed by atoms with Crippen molar-refractivity contribution in [2.75, 3.05) is 23.0 Å². The minimum atomic E-state index is -4.83. The smallest absolute Gasteiger partial charge is 0.355 e. The number of halogens is 6. The van der Waals surface area contributed by atoms with Gasteiger partial charge in [-0.15, -0.1) is 12.4 Å². The van der Waals surface area contributed by atoms with Gasteiger partial charge in [0.2, 0.25) is 5.91 Å². The normalized spacial score (nSPS) is 12.3. The number of hydrogen-bond acceptors (Lipinski definition) is 5. The molecule has 2 amide bonds. The Kier molecular flexibility index (Phi) is 7.15. The molecule has 3 aromatic rings. The van der Waals surface area contributed by atoms with E-state index < -0.39 is 40.5 Å². The van der Waals surface area contributed by atoms with Crippen molar-refractivity contribution in [1.82, 2.24) is 10.3 Å². The number of benzene rings is 2. The largest absolute Gasteiger partial charge is 0.419 e. The van der Waals surface area contributed by atoms with Gasteiger partial charge in [0.05, 0.1) is 28.9 Å². The summed E-state index contributed by atoms with van der Waals surface area (Å²) in [7, 11) is 1.24. The van der Waals surface area contributed by atoms with Gasteiger partial charge in [0.1, 0.15) is 5.82 Å². The first-order valence-corrected chi connectivity index (χ1v) is 9.80. The third kappa shape index (κ3) is 5.43. The van der Waals surface area contributed by atoms with E-state index in [4.69, 9.17) is 0 Å². The Labute approximate surface area is 201 Å². The first kappa shape index (κ1) is 25.7. The van der Waals surface area contributed by atoms with Gasteiger partial charge in [-0.2, -0.15) is 13.2 Å². The Balaban J connectivity index is 0.00000342. The number of pyridine rings is 1. The van der Waals surface area contributed by atoms with Gasteiger partial charge < -0.3 is 21.3 Å². The molecule has 0 fully saturated rings. The molecule has 2 heterocycles. The maximum atomic E-state index is 13.8. The van der Waals surface area contributed by atoms with Crippen LogP contribution in [0, 0.1) is 11.6 Å². The minimum absolute atomic E-state index is 0. The summed E-state index contributed by atoms with van der Waals surface area (Å²) in [4.78, 5) is 27.4. The highest BCUT2D eigenvalue weighted by Crippen LogP contribution is 2.38. The Bertz CT molecular complexity index is 1320. The van der Waals surface area contributed by atoms with Crippen LogP contribution in [0.4, 0.5) is 50.5 Å². The van der Waals surface area contributed by atoms with E-state index in [2.05, 4.69) is 26.3 Å². The van der Waals surface area contributed by atoms with Crippen molar-refractivity contribution in [3.8, 4) is 0 Å². The number of carbonyl (C=O) groups is 2. The van der Waals surface area contributed by atoms with Gasteiger partial charge in [-0.3, -0.25) is 9.59 Å². The lowest BCUT2D eigenvalue weighted by Crippen LogP contribution is -2.20. The van der Waals surface area contributed by atoms with Gasteiger partial charge in [0.25, 0.3) is 5.91 Å². The molecule has 184 valence electrons. The molecule has 1 aromatic heterocycles. The average molecular weight is 514 g/mol. The van der Waals surface area contributed by atoms with Crippen molar-refractivity contribution in [2.45, 2.75) is 12.6 Å². The highest BCUT2D eigenvalue weighted by Gasteiger charge is 2.35. The summed E-state index contributed by atoms with van der Waals surface area (Å²) in [5, 5.41) is 10.1. The predicted octanol–water partition coefficient (Wildman–Crippen LogP) is 5.14. The Morgan fingerprint density at radius 3 is 2.43 bits per heavy atom. The van der Waals surface area contributed by atoms with E-state index in [-0.39, 0.29) is 36.2 Å². The average Bonchev–Trinajstić information content (AvgIpc) is 3.14. The van der Waals surface area contributed by atoms with E-state index in [1.54, 1.807) is 18.2 Å². The van der Waals surface area contributed by atoms with Crippen LogP contribution in [0.15, 0.2) is 42.6 Å². The molecule has 4 rings (SSSR count). The van der Waals surface area contributed by atoms with E-state index in [9.17, 15) is 31.5 Å². The number of rotatable bonds is 5. The Hall–Kier alpha value is -3.93. The monoisotopic (exact) mass is 513 g/mol. The maximum absolute atomic E-state index is 13.8. The molecule has 1 aliphatic heterocycles. The predicted molar refractivity (Wildman–Crippen MR) is 122 cm³/mol. The van der Waals surface area contributed by atoms with Crippen LogP contribution >= 0.6 is 12.4 Å². The number of amides is 2. The van der Waals surface area contributed by atoms with Crippen molar-refractivity contribution >= 4 is 52.8 Å². The lowest BCUT2D eigenvalue weighted by Gasteiger charge is -2.18. The number of carbonyl (C=O) groups excluding carboxylic acids is 2. The second kappa shape index (κ2) is 9.74. The van der Waals surface area contributed by atoms with Crippen LogP contribution < -0.4 is 21.3 Å². The third-order valence-electron chi connectivity index (χ3n) is 5.01. The quantitative estimate of drug-likeness (QED) is 0.354. The zero-order valence-electron chi connectivity index (χ0n) is 17.8. The first-order valence-electron chi connectivity index (χ1n) is 9.80. The molecule has 0 saturated heterocycles. The van der Waals surface area contributed by atoms with Crippen LogP contribution in [0.1, 0.15) is 21.5 Å². The molecule has 0 unspecified atom stereocenters. The molecule has 2 aromatic carbocycles. The molecule has 4 N–H and O–H groups in total. The molecule has 0 atom stereocenters. The van der Waals surface area contributed by atoms with Crippen LogP contribution in [0.5, 0.6) is 0 Å². The highest BCUT2D eigenvalue weighted by molar-refractivity contribution is 6.00. The van der Waals surface area contributed by atoms with Gasteiger partial charge in [-0.25, -0.2) is 13.8 Å². The number of nitrogens with one attached hydrogen (secondary N) is 4. The third-order valence-corrected chi connectivity index (χ3v) is 5.01. The van der Waals surface area contributed by atoms with E-state index in [0.717, 1.165) is 6.07 Å². The molecule has 0 aliphatic carbocycles. The first-order chi connectivity index (χ1) is 16.0. The number of hydrogen-bond donors (Lipinski definition) is 4. The molecule has 1 aliphatic rings. The molecule has 0 spiro atoms. The molecule has 0 radical (unpaired) electrons. The van der Waals surface area contributed by atoms with Gasteiger partial charge in [0.15, 0.2) is 11.6 Å². The molecule has 13 heteroatoms. The summed E-state index contributed by atoms with van der Waals surface area (Å²) in [5.41, 5.74) is -0.684. The van der Waals surface area contributed by atoms with E-state index in [1.807, 2.05) is 0 Å². The summed E-state index contributed by atoms with van der Waals surface area (Å²) >= 11 is 0. The fraction of sp³-hybridized carbons (Fsp3) is 0.136. The van der Waals surface area contributed by atoms with Crippen molar-refractivity contribution in [3.63, 3.8) is 0 Å². The zero-order chi connectivity index (χ0) is 24.6. The lowest BCUT2D eigenvalue weighted by atomic mass is 10.1. The maximum Gasteiger partial charge on any atom is 0.419 e. The van der Waals surface area contributed by atoms with E-state index in [0.29, 0.717) is 35.3 Å². The summed E-state index contributed by atoms with van der Waals surface area (Å²) < 4.78 is 68.4. The van der Waals surface area contributed by atoms with E-state index >= 15 is 0 Å². The minimum Gasteiger partial charge on any atom is -0.355 e. The summed E-state index contributed by atoms with van der Waals surface area (Å²) in [5.74, 6) is -3.69. The fourth-order valence-electron chi connectivity index (χ4n) is 3.43. The van der Waals surface area contributed by atoms with Crippen LogP contribution in [-0.2, 0) is 17.4 Å². The second-order valence-corrected chi connectivity index (χ2v) is 7.35. The summed E-state index contributed by atoms with van der Waals surface area (Å²) in [6.45, 7) is 0. The Morgan fingerprint density at radius 1 is 1.03 bits per heavy atom. The summed E-state index contributed by atoms with van der Waals surface area (Å²) in [6, 6.07) is 7.10. The summed E-state index contributed by atoms with van der Waals surface area (Å²) in [6.07, 6.45) is -4.10. The highest BCUT2D eigenvalue weighted by atomic mass is 35.5. The molecule has 7 nitrogen and oxygen atoms in total. The van der Waals surface area contributed by atoms with Crippen LogP contribution in [0.3, 0.4) is 0 Å². The van der Waals surface area contributed by atoms with Gasteiger partial charge >= 0.3 is 6.18 Å². The molecule has 0 saturated carbocycles. The number of alkyl halides is 3. The Morgan fingerprint density at radius 2 is 1.74 bits per heavy atom. The van der Waals surface area contributed by atoms with Gasteiger partial charge in [-0.05, 0) is 29.8 Å². The number of fused-ring (bicyclic) bond motifs is 1. The van der Waals surface area contributed by atoms with Crippen LogP contribution in [0.2, 0.25) is 0 Å². The van der Waals surface area contributed by atoms with E-state index in [1.165, 1.54) is 7.05 Å². The molecular formula is C22H17ClF5N5O2. The van der Waals surface area contributed by atoms with Crippen molar-refractivity contribution in [1.29, 1.82) is 0 Å². The molecule has 0 bridgehead atoms.